The van der Waals surface area contributed by atoms with Gasteiger partial charge in [-0.2, -0.15) is 11.8 Å². The van der Waals surface area contributed by atoms with Gasteiger partial charge in [0.2, 0.25) is 5.91 Å². The molecule has 1 aromatic rings. The zero-order valence-corrected chi connectivity index (χ0v) is 14.0. The van der Waals surface area contributed by atoms with Crippen LogP contribution in [0.2, 0.25) is 10.0 Å². The molecule has 2 atom stereocenters. The van der Waals surface area contributed by atoms with Crippen LogP contribution in [0.3, 0.4) is 0 Å². The number of halogens is 2. The number of ether oxygens (including phenoxy) is 1. The predicted molar refractivity (Wildman–Crippen MR) is 90.4 cm³/mol. The van der Waals surface area contributed by atoms with Crippen LogP contribution in [0, 0.1) is 0 Å². The number of anilines is 2. The second kappa shape index (κ2) is 7.58. The average molecular weight is 349 g/mol. The fraction of sp³-hybridized carbons (Fsp3) is 0.500. The van der Waals surface area contributed by atoms with Crippen molar-refractivity contribution in [3.63, 3.8) is 0 Å². The van der Waals surface area contributed by atoms with E-state index in [-0.39, 0.29) is 12.0 Å². The van der Waals surface area contributed by atoms with Gasteiger partial charge in [-0.3, -0.25) is 4.79 Å². The number of carbonyl (C=O) groups is 1. The minimum absolute atomic E-state index is 0.106. The molecule has 0 spiro atoms. The Labute approximate surface area is 138 Å². The van der Waals surface area contributed by atoms with Crippen molar-refractivity contribution in [1.29, 1.82) is 0 Å². The number of amides is 1. The minimum atomic E-state index is -0.106. The molecule has 1 amide bonds. The van der Waals surface area contributed by atoms with Gasteiger partial charge < -0.3 is 15.8 Å². The van der Waals surface area contributed by atoms with E-state index in [0.717, 1.165) is 18.8 Å². The number of carbonyl (C=O) groups excluding carboxylic acids is 1. The summed E-state index contributed by atoms with van der Waals surface area (Å²) in [5.74, 6) is 0.639. The molecule has 0 aromatic heterocycles. The van der Waals surface area contributed by atoms with Gasteiger partial charge >= 0.3 is 0 Å². The summed E-state index contributed by atoms with van der Waals surface area (Å²) in [6.45, 7) is 2.88. The molecular formula is C14H18Cl2N2O2S. The van der Waals surface area contributed by atoms with Crippen molar-refractivity contribution in [3.8, 4) is 0 Å². The second-order valence-electron chi connectivity index (χ2n) is 4.92. The van der Waals surface area contributed by atoms with E-state index in [0.29, 0.717) is 33.1 Å². The molecule has 2 rings (SSSR count). The number of hydrogen-bond donors (Lipinski definition) is 2. The van der Waals surface area contributed by atoms with Gasteiger partial charge in [0.1, 0.15) is 0 Å². The Morgan fingerprint density at radius 2 is 2.29 bits per heavy atom. The van der Waals surface area contributed by atoms with Crippen LogP contribution in [0.1, 0.15) is 19.8 Å². The van der Waals surface area contributed by atoms with Crippen molar-refractivity contribution in [1.82, 2.24) is 0 Å². The number of thioether (sulfide) groups is 1. The first-order chi connectivity index (χ1) is 9.97. The van der Waals surface area contributed by atoms with E-state index in [1.54, 1.807) is 23.9 Å². The number of hydrogen-bond acceptors (Lipinski definition) is 4. The number of nitrogens with two attached hydrogens (primary N) is 1. The van der Waals surface area contributed by atoms with Gasteiger partial charge in [0.25, 0.3) is 0 Å². The lowest BCUT2D eigenvalue weighted by Gasteiger charge is -2.14. The van der Waals surface area contributed by atoms with Gasteiger partial charge in [-0.25, -0.2) is 0 Å². The summed E-state index contributed by atoms with van der Waals surface area (Å²) >= 11 is 13.6. The lowest BCUT2D eigenvalue weighted by Crippen LogP contribution is -2.17. The summed E-state index contributed by atoms with van der Waals surface area (Å²) in [6, 6.07) is 3.12. The Balaban J connectivity index is 1.82. The molecule has 7 heteroatoms. The van der Waals surface area contributed by atoms with Crippen molar-refractivity contribution in [3.05, 3.63) is 22.2 Å². The van der Waals surface area contributed by atoms with Crippen LogP contribution in [0.5, 0.6) is 0 Å². The van der Waals surface area contributed by atoms with Gasteiger partial charge in [-0.05, 0) is 25.5 Å². The third kappa shape index (κ3) is 4.68. The van der Waals surface area contributed by atoms with Gasteiger partial charge in [0.15, 0.2) is 0 Å². The van der Waals surface area contributed by atoms with E-state index in [1.807, 2.05) is 0 Å². The smallest absolute Gasteiger partial charge is 0.225 e. The van der Waals surface area contributed by atoms with E-state index in [9.17, 15) is 4.79 Å². The van der Waals surface area contributed by atoms with E-state index >= 15 is 0 Å². The molecule has 0 aliphatic carbocycles. The van der Waals surface area contributed by atoms with E-state index in [4.69, 9.17) is 33.7 Å². The normalized spacial score (nSPS) is 21.5. The fourth-order valence-corrected chi connectivity index (χ4v) is 3.94. The zero-order chi connectivity index (χ0) is 15.4. The first kappa shape index (κ1) is 16.7. The Bertz CT molecular complexity index is 505. The van der Waals surface area contributed by atoms with Crippen LogP contribution in [0.4, 0.5) is 11.4 Å². The van der Waals surface area contributed by atoms with Crippen LogP contribution < -0.4 is 11.1 Å². The molecule has 1 saturated heterocycles. The number of rotatable bonds is 5. The molecular weight excluding hydrogens is 331 g/mol. The number of nitrogens with one attached hydrogen (secondary N) is 1. The van der Waals surface area contributed by atoms with Gasteiger partial charge in [-0.1, -0.05) is 23.2 Å². The van der Waals surface area contributed by atoms with E-state index < -0.39 is 0 Å². The monoisotopic (exact) mass is 348 g/mol. The maximum atomic E-state index is 12.0. The van der Waals surface area contributed by atoms with Crippen LogP contribution in [-0.4, -0.2) is 29.6 Å². The Hall–Kier alpha value is -0.620. The third-order valence-corrected chi connectivity index (χ3v) is 5.32. The molecule has 21 heavy (non-hydrogen) atoms. The zero-order valence-electron chi connectivity index (χ0n) is 11.7. The van der Waals surface area contributed by atoms with Crippen molar-refractivity contribution in [2.24, 2.45) is 0 Å². The maximum Gasteiger partial charge on any atom is 0.225 e. The summed E-state index contributed by atoms with van der Waals surface area (Å²) in [5.41, 5.74) is 6.60. The molecule has 1 heterocycles. The van der Waals surface area contributed by atoms with E-state index in [1.165, 1.54) is 0 Å². The molecule has 1 aromatic carbocycles. The topological polar surface area (TPSA) is 64.3 Å². The first-order valence-electron chi connectivity index (χ1n) is 6.75. The highest BCUT2D eigenvalue weighted by Crippen LogP contribution is 2.32. The van der Waals surface area contributed by atoms with Crippen LogP contribution in [0.25, 0.3) is 0 Å². The quantitative estimate of drug-likeness (QED) is 0.794. The molecule has 0 bridgehead atoms. The lowest BCUT2D eigenvalue weighted by molar-refractivity contribution is -0.115. The minimum Gasteiger partial charge on any atom is -0.397 e. The second-order valence-corrected chi connectivity index (χ2v) is 7.11. The highest BCUT2D eigenvalue weighted by atomic mass is 35.5. The van der Waals surface area contributed by atoms with Gasteiger partial charge in [-0.15, -0.1) is 0 Å². The molecule has 1 aliphatic rings. The van der Waals surface area contributed by atoms with Gasteiger partial charge in [0.05, 0.1) is 22.5 Å². The fourth-order valence-electron chi connectivity index (χ4n) is 2.16. The SMILES string of the molecule is CC1OCCC1SCCC(=O)Nc1c(N)cc(Cl)cc1Cl. The maximum absolute atomic E-state index is 12.0. The summed E-state index contributed by atoms with van der Waals surface area (Å²) in [6.07, 6.45) is 1.72. The first-order valence-corrected chi connectivity index (χ1v) is 8.55. The Morgan fingerprint density at radius 3 is 2.90 bits per heavy atom. The summed E-state index contributed by atoms with van der Waals surface area (Å²) in [5, 5.41) is 4.01. The molecule has 2 unspecified atom stereocenters. The molecule has 0 radical (unpaired) electrons. The van der Waals surface area contributed by atoms with Gasteiger partial charge in [0, 0.05) is 29.1 Å². The lowest BCUT2D eigenvalue weighted by atomic mass is 10.2. The van der Waals surface area contributed by atoms with Crippen LogP contribution in [-0.2, 0) is 9.53 Å². The summed E-state index contributed by atoms with van der Waals surface area (Å²) in [4.78, 5) is 12.0. The van der Waals surface area contributed by atoms with Crippen molar-refractivity contribution < 1.29 is 9.53 Å². The van der Waals surface area contributed by atoms with Crippen LogP contribution >= 0.6 is 35.0 Å². The summed E-state index contributed by atoms with van der Waals surface area (Å²) in [7, 11) is 0. The molecule has 0 saturated carbocycles. The highest BCUT2D eigenvalue weighted by Gasteiger charge is 2.24. The van der Waals surface area contributed by atoms with Crippen LogP contribution in [0.15, 0.2) is 12.1 Å². The Kier molecular flexibility index (Phi) is 6.05. The summed E-state index contributed by atoms with van der Waals surface area (Å²) < 4.78 is 5.49. The number of benzene rings is 1. The third-order valence-electron chi connectivity index (χ3n) is 3.32. The molecule has 4 nitrogen and oxygen atoms in total. The van der Waals surface area contributed by atoms with Crippen molar-refractivity contribution >= 4 is 52.2 Å². The Morgan fingerprint density at radius 1 is 1.52 bits per heavy atom. The van der Waals surface area contributed by atoms with Crippen molar-refractivity contribution in [2.75, 3.05) is 23.4 Å². The number of nitrogen functional groups attached to an aromatic ring is 1. The molecule has 1 aliphatic heterocycles. The molecule has 1 fully saturated rings. The van der Waals surface area contributed by atoms with E-state index in [2.05, 4.69) is 12.2 Å². The largest absolute Gasteiger partial charge is 0.397 e. The standard InChI is InChI=1S/C14H18Cl2N2O2S/c1-8-12(2-4-20-8)21-5-3-13(19)18-14-10(16)6-9(15)7-11(14)17/h6-8,12H,2-5,17H2,1H3,(H,18,19). The van der Waals surface area contributed by atoms with Crippen molar-refractivity contribution in [2.45, 2.75) is 31.1 Å². The molecule has 116 valence electrons. The highest BCUT2D eigenvalue weighted by molar-refractivity contribution is 7.99. The molecule has 3 N–H and O–H groups in total. The predicted octanol–water partition coefficient (Wildman–Crippen LogP) is 3.81. The average Bonchev–Trinajstić information content (AvgIpc) is 2.80.